The van der Waals surface area contributed by atoms with E-state index in [9.17, 15) is 0 Å². The Morgan fingerprint density at radius 1 is 1.21 bits per heavy atom. The van der Waals surface area contributed by atoms with E-state index in [1.54, 1.807) is 14.2 Å². The third kappa shape index (κ3) is 4.94. The second-order valence-corrected chi connectivity index (χ2v) is 7.04. The average Bonchev–Trinajstić information content (AvgIpc) is 3.34. The third-order valence-corrected chi connectivity index (χ3v) is 5.19. The summed E-state index contributed by atoms with van der Waals surface area (Å²) in [6.45, 7) is 3.01. The minimum absolute atomic E-state index is 0.463. The molecule has 3 rings (SSSR count). The van der Waals surface area contributed by atoms with Crippen molar-refractivity contribution in [3.05, 3.63) is 35.4 Å². The first-order chi connectivity index (χ1) is 13.6. The largest absolute Gasteiger partial charge is 0.497 e. The summed E-state index contributed by atoms with van der Waals surface area (Å²) in [4.78, 5) is 4.79. The number of rotatable bonds is 7. The lowest BCUT2D eigenvalue weighted by atomic mass is 10.2. The average molecular weight is 387 g/mol. The Morgan fingerprint density at radius 3 is 2.64 bits per heavy atom. The zero-order chi connectivity index (χ0) is 19.9. The highest BCUT2D eigenvalue weighted by molar-refractivity contribution is 5.80. The van der Waals surface area contributed by atoms with Gasteiger partial charge in [0.2, 0.25) is 0 Å². The molecule has 0 bridgehead atoms. The van der Waals surface area contributed by atoms with E-state index in [4.69, 9.17) is 14.5 Å². The number of aromatic nitrogens is 3. The molecule has 8 nitrogen and oxygen atoms in total. The molecular weight excluding hydrogens is 356 g/mol. The molecule has 2 N–H and O–H groups in total. The Labute approximate surface area is 166 Å². The van der Waals surface area contributed by atoms with E-state index in [0.717, 1.165) is 34.7 Å². The van der Waals surface area contributed by atoms with Gasteiger partial charge in [0.15, 0.2) is 11.8 Å². The molecule has 0 unspecified atom stereocenters. The van der Waals surface area contributed by atoms with E-state index in [-0.39, 0.29) is 0 Å². The first-order valence-electron chi connectivity index (χ1n) is 9.71. The van der Waals surface area contributed by atoms with Crippen LogP contribution in [0.25, 0.3) is 0 Å². The van der Waals surface area contributed by atoms with Gasteiger partial charge in [0.25, 0.3) is 0 Å². The number of nitrogens with one attached hydrogen (secondary N) is 2. The van der Waals surface area contributed by atoms with Crippen molar-refractivity contribution in [3.63, 3.8) is 0 Å². The highest BCUT2D eigenvalue weighted by atomic mass is 16.5. The van der Waals surface area contributed by atoms with Crippen LogP contribution in [0.2, 0.25) is 0 Å². The lowest BCUT2D eigenvalue weighted by Gasteiger charge is -2.17. The summed E-state index contributed by atoms with van der Waals surface area (Å²) in [7, 11) is 5.28. The van der Waals surface area contributed by atoms with Crippen molar-refractivity contribution in [2.45, 2.75) is 51.7 Å². The van der Waals surface area contributed by atoms with Crippen molar-refractivity contribution in [3.8, 4) is 11.5 Å². The second-order valence-electron chi connectivity index (χ2n) is 7.04. The number of hydrogen-bond acceptors (Lipinski definition) is 5. The molecule has 0 atom stereocenters. The fraction of sp³-hybridized carbons (Fsp3) is 0.550. The minimum atomic E-state index is 0.463. The van der Waals surface area contributed by atoms with Crippen molar-refractivity contribution in [2.24, 2.45) is 12.0 Å². The molecule has 0 saturated heterocycles. The fourth-order valence-electron chi connectivity index (χ4n) is 3.33. The van der Waals surface area contributed by atoms with E-state index < -0.39 is 0 Å². The zero-order valence-corrected chi connectivity index (χ0v) is 17.2. The number of ether oxygens (including phenoxy) is 2. The van der Waals surface area contributed by atoms with Gasteiger partial charge in [-0.1, -0.05) is 12.8 Å². The number of aliphatic imine (C=N–C) groups is 1. The Kier molecular flexibility index (Phi) is 6.73. The maximum atomic E-state index is 5.49. The van der Waals surface area contributed by atoms with Crippen molar-refractivity contribution >= 4 is 5.96 Å². The molecule has 0 aliphatic heterocycles. The first kappa shape index (κ1) is 20.0. The van der Waals surface area contributed by atoms with Crippen LogP contribution in [0.4, 0.5) is 0 Å². The van der Waals surface area contributed by atoms with E-state index >= 15 is 0 Å². The zero-order valence-electron chi connectivity index (χ0n) is 17.2. The number of aryl methyl sites for hydroxylation is 1. The van der Waals surface area contributed by atoms with Gasteiger partial charge in [0.05, 0.1) is 27.3 Å². The van der Waals surface area contributed by atoms with Crippen LogP contribution in [0.3, 0.4) is 0 Å². The van der Waals surface area contributed by atoms with E-state index in [2.05, 4.69) is 20.8 Å². The monoisotopic (exact) mass is 386 g/mol. The molecule has 0 amide bonds. The van der Waals surface area contributed by atoms with Crippen LogP contribution < -0.4 is 20.1 Å². The number of benzene rings is 1. The number of hydrogen-bond donors (Lipinski definition) is 2. The molecule has 1 aliphatic rings. The van der Waals surface area contributed by atoms with Gasteiger partial charge in [-0.2, -0.15) is 0 Å². The summed E-state index contributed by atoms with van der Waals surface area (Å²) >= 11 is 0. The minimum Gasteiger partial charge on any atom is -0.497 e. The highest BCUT2D eigenvalue weighted by Gasteiger charge is 2.17. The molecule has 0 radical (unpaired) electrons. The summed E-state index contributed by atoms with van der Waals surface area (Å²) in [5.41, 5.74) is 1.00. The van der Waals surface area contributed by atoms with Crippen LogP contribution in [0.15, 0.2) is 23.2 Å². The standard InChI is InChI=1S/C20H30N6O2/c1-14-24-25-19(26(14)2)13-22-20(23-16-7-5-6-8-16)21-12-15-9-10-17(27-3)11-18(15)28-4/h9-11,16H,5-8,12-13H2,1-4H3,(H2,21,22,23). The summed E-state index contributed by atoms with van der Waals surface area (Å²) < 4.78 is 12.7. The van der Waals surface area contributed by atoms with Crippen LogP contribution >= 0.6 is 0 Å². The highest BCUT2D eigenvalue weighted by Crippen LogP contribution is 2.25. The van der Waals surface area contributed by atoms with Crippen molar-refractivity contribution in [1.29, 1.82) is 0 Å². The Balaban J connectivity index is 1.72. The fourth-order valence-corrected chi connectivity index (χ4v) is 3.33. The van der Waals surface area contributed by atoms with Gasteiger partial charge >= 0.3 is 0 Å². The number of nitrogens with zero attached hydrogens (tertiary/aromatic N) is 4. The molecule has 1 aromatic carbocycles. The maximum Gasteiger partial charge on any atom is 0.192 e. The second kappa shape index (κ2) is 9.43. The van der Waals surface area contributed by atoms with Crippen molar-refractivity contribution in [1.82, 2.24) is 25.4 Å². The maximum absolute atomic E-state index is 5.49. The van der Waals surface area contributed by atoms with Gasteiger partial charge in [-0.15, -0.1) is 10.2 Å². The molecule has 1 fully saturated rings. The Hall–Kier alpha value is -2.77. The molecule has 2 aromatic rings. The van der Waals surface area contributed by atoms with Crippen molar-refractivity contribution in [2.75, 3.05) is 14.2 Å². The Morgan fingerprint density at radius 2 is 2.00 bits per heavy atom. The topological polar surface area (TPSA) is 85.6 Å². The smallest absolute Gasteiger partial charge is 0.192 e. The first-order valence-corrected chi connectivity index (χ1v) is 9.71. The third-order valence-electron chi connectivity index (χ3n) is 5.19. The molecule has 1 aliphatic carbocycles. The lowest BCUT2D eigenvalue weighted by molar-refractivity contribution is 0.391. The number of guanidine groups is 1. The van der Waals surface area contributed by atoms with Crippen molar-refractivity contribution < 1.29 is 9.47 Å². The summed E-state index contributed by atoms with van der Waals surface area (Å²) in [6, 6.07) is 6.25. The summed E-state index contributed by atoms with van der Waals surface area (Å²) in [5, 5.41) is 15.3. The van der Waals surface area contributed by atoms with Gasteiger partial charge in [0.1, 0.15) is 17.3 Å². The summed E-state index contributed by atoms with van der Waals surface area (Å²) in [5.74, 6) is 4.09. The number of methoxy groups -OCH3 is 2. The molecule has 0 spiro atoms. The molecule has 1 aromatic heterocycles. The molecular formula is C20H30N6O2. The Bertz CT molecular complexity index is 811. The lowest BCUT2D eigenvalue weighted by Crippen LogP contribution is -2.42. The van der Waals surface area contributed by atoms with Gasteiger partial charge in [-0.05, 0) is 31.9 Å². The predicted molar refractivity (Wildman–Crippen MR) is 109 cm³/mol. The molecule has 28 heavy (non-hydrogen) atoms. The van der Waals surface area contributed by atoms with Gasteiger partial charge in [-0.3, -0.25) is 0 Å². The van der Waals surface area contributed by atoms with E-state index in [1.165, 1.54) is 25.7 Å². The van der Waals surface area contributed by atoms with Crippen LogP contribution in [-0.4, -0.2) is 41.0 Å². The summed E-state index contributed by atoms with van der Waals surface area (Å²) in [6.07, 6.45) is 4.88. The molecule has 152 valence electrons. The SMILES string of the molecule is COc1ccc(CN=C(NCc2nnc(C)n2C)NC2CCCC2)c(OC)c1. The normalized spacial score (nSPS) is 14.9. The molecule has 8 heteroatoms. The van der Waals surface area contributed by atoms with Crippen LogP contribution in [0.1, 0.15) is 42.9 Å². The van der Waals surface area contributed by atoms with Crippen LogP contribution in [0.5, 0.6) is 11.5 Å². The quantitative estimate of drug-likeness (QED) is 0.561. The van der Waals surface area contributed by atoms with Crippen LogP contribution in [0, 0.1) is 6.92 Å². The molecule has 1 saturated carbocycles. The van der Waals surface area contributed by atoms with Gasteiger partial charge in [0, 0.05) is 24.7 Å². The van der Waals surface area contributed by atoms with E-state index in [0.29, 0.717) is 19.1 Å². The molecule has 1 heterocycles. The van der Waals surface area contributed by atoms with Gasteiger partial charge < -0.3 is 24.7 Å². The predicted octanol–water partition coefficient (Wildman–Crippen LogP) is 2.32. The van der Waals surface area contributed by atoms with Crippen LogP contribution in [-0.2, 0) is 20.1 Å². The van der Waals surface area contributed by atoms with E-state index in [1.807, 2.05) is 36.7 Å². The van der Waals surface area contributed by atoms with Gasteiger partial charge in [-0.25, -0.2) is 4.99 Å².